The van der Waals surface area contributed by atoms with Gasteiger partial charge in [-0.25, -0.2) is 9.59 Å². The predicted octanol–water partition coefficient (Wildman–Crippen LogP) is 3.20. The number of nitrogens with zero attached hydrogens (tertiary/aromatic N) is 2. The summed E-state index contributed by atoms with van der Waals surface area (Å²) in [5.74, 6) is -1.19. The lowest BCUT2D eigenvalue weighted by Crippen LogP contribution is -2.45. The van der Waals surface area contributed by atoms with Crippen LogP contribution in [0.4, 0.5) is 0 Å². The molecule has 0 bridgehead atoms. The van der Waals surface area contributed by atoms with Crippen molar-refractivity contribution in [2.24, 2.45) is 0 Å². The zero-order chi connectivity index (χ0) is 22.7. The Labute approximate surface area is 186 Å². The van der Waals surface area contributed by atoms with Crippen LogP contribution >= 0.6 is 0 Å². The largest absolute Gasteiger partial charge is 0.508 e. The average molecular weight is 434 g/mol. The molecule has 166 valence electrons. The third kappa shape index (κ3) is 5.07. The Kier molecular flexibility index (Phi) is 6.39. The van der Waals surface area contributed by atoms with E-state index in [1.54, 1.807) is 48.5 Å². The van der Waals surface area contributed by atoms with Crippen LogP contribution in [0.25, 0.3) is 10.8 Å². The van der Waals surface area contributed by atoms with Crippen molar-refractivity contribution in [3.63, 3.8) is 0 Å². The number of carbonyl (C=O) groups excluding carboxylic acids is 1. The highest BCUT2D eigenvalue weighted by molar-refractivity contribution is 5.96. The molecule has 2 N–H and O–H groups in total. The number of carboxylic acids is 1. The number of carboxylic acid groups (broad SMARTS) is 1. The lowest BCUT2D eigenvalue weighted by molar-refractivity contribution is 0.0102. The Morgan fingerprint density at radius 2 is 1.59 bits per heavy atom. The number of rotatable bonds is 6. The van der Waals surface area contributed by atoms with Crippen LogP contribution in [0.2, 0.25) is 0 Å². The lowest BCUT2D eigenvalue weighted by atomic mass is 9.98. The number of piperazine rings is 1. The summed E-state index contributed by atoms with van der Waals surface area (Å²) in [7, 11) is 2.08. The smallest absolute Gasteiger partial charge is 0.339 e. The molecule has 4 rings (SSSR count). The molecule has 0 aromatic heterocycles. The normalized spacial score (nSPS) is 15.0. The van der Waals surface area contributed by atoms with Crippen LogP contribution in [0.15, 0.2) is 54.6 Å². The molecule has 1 aliphatic rings. The number of benzene rings is 3. The van der Waals surface area contributed by atoms with Gasteiger partial charge in [-0.15, -0.1) is 0 Å². The van der Waals surface area contributed by atoms with Gasteiger partial charge in [0.05, 0.1) is 11.1 Å². The van der Waals surface area contributed by atoms with Crippen molar-refractivity contribution in [3.05, 3.63) is 76.9 Å². The molecule has 0 amide bonds. The minimum atomic E-state index is -0.975. The van der Waals surface area contributed by atoms with E-state index in [1.807, 2.05) is 6.07 Å². The maximum absolute atomic E-state index is 12.6. The molecule has 3 aromatic rings. The van der Waals surface area contributed by atoms with Gasteiger partial charge in [-0.3, -0.25) is 4.90 Å². The van der Waals surface area contributed by atoms with E-state index in [1.165, 1.54) is 0 Å². The fourth-order valence-electron chi connectivity index (χ4n) is 3.80. The van der Waals surface area contributed by atoms with E-state index in [2.05, 4.69) is 16.8 Å². The third-order valence-electron chi connectivity index (χ3n) is 5.84. The summed E-state index contributed by atoms with van der Waals surface area (Å²) in [6, 6.07) is 15.4. The van der Waals surface area contributed by atoms with E-state index in [0.717, 1.165) is 42.5 Å². The monoisotopic (exact) mass is 434 g/mol. The fourth-order valence-corrected chi connectivity index (χ4v) is 3.80. The van der Waals surface area contributed by atoms with Gasteiger partial charge in [-0.2, -0.15) is 0 Å². The molecule has 0 atom stereocenters. The molecule has 1 saturated heterocycles. The number of fused-ring (bicyclic) bond motifs is 1. The van der Waals surface area contributed by atoms with E-state index in [4.69, 9.17) is 9.84 Å². The Hall–Kier alpha value is -3.42. The van der Waals surface area contributed by atoms with Gasteiger partial charge in [0.15, 0.2) is 0 Å². The topological polar surface area (TPSA) is 90.3 Å². The summed E-state index contributed by atoms with van der Waals surface area (Å²) in [5, 5.41) is 21.1. The standard InChI is InChI=1S/C25H26N2O5/c1-26-8-10-27(11-9-26)16-32-25(31)20-7-6-19-15-23(28)22(14-21(19)13-20)12-17-2-4-18(5-3-17)24(29)30/h2-7,13-15,28H,8-12,16H2,1H3,(H,29,30). The molecule has 0 radical (unpaired) electrons. The molecule has 0 spiro atoms. The summed E-state index contributed by atoms with van der Waals surface area (Å²) in [5.41, 5.74) is 2.27. The maximum Gasteiger partial charge on any atom is 0.339 e. The summed E-state index contributed by atoms with van der Waals surface area (Å²) in [6.45, 7) is 3.94. The van der Waals surface area contributed by atoms with Crippen molar-refractivity contribution in [3.8, 4) is 5.75 Å². The molecule has 32 heavy (non-hydrogen) atoms. The van der Waals surface area contributed by atoms with Crippen molar-refractivity contribution in [1.29, 1.82) is 0 Å². The highest BCUT2D eigenvalue weighted by Crippen LogP contribution is 2.28. The zero-order valence-electron chi connectivity index (χ0n) is 18.0. The van der Waals surface area contributed by atoms with Crippen molar-refractivity contribution < 1.29 is 24.5 Å². The Morgan fingerprint density at radius 3 is 2.28 bits per heavy atom. The van der Waals surface area contributed by atoms with Crippen molar-refractivity contribution >= 4 is 22.7 Å². The van der Waals surface area contributed by atoms with Gasteiger partial charge in [0, 0.05) is 32.6 Å². The predicted molar refractivity (Wildman–Crippen MR) is 121 cm³/mol. The molecule has 1 aliphatic heterocycles. The Morgan fingerprint density at radius 1 is 0.906 bits per heavy atom. The van der Waals surface area contributed by atoms with Crippen LogP contribution in [-0.2, 0) is 11.2 Å². The molecule has 1 heterocycles. The van der Waals surface area contributed by atoms with Crippen LogP contribution in [0, 0.1) is 0 Å². The number of esters is 1. The van der Waals surface area contributed by atoms with Crippen LogP contribution in [0.1, 0.15) is 31.8 Å². The number of hydrogen-bond acceptors (Lipinski definition) is 6. The number of phenols is 1. The van der Waals surface area contributed by atoms with E-state index < -0.39 is 5.97 Å². The minimum Gasteiger partial charge on any atom is -0.508 e. The van der Waals surface area contributed by atoms with Gasteiger partial charge in [-0.05, 0) is 65.3 Å². The van der Waals surface area contributed by atoms with Crippen molar-refractivity contribution in [2.45, 2.75) is 6.42 Å². The first-order valence-electron chi connectivity index (χ1n) is 10.5. The number of ether oxygens (including phenoxy) is 1. The number of phenolic OH excluding ortho intramolecular Hbond substituents is 1. The summed E-state index contributed by atoms with van der Waals surface area (Å²) >= 11 is 0. The molecule has 0 aliphatic carbocycles. The van der Waals surface area contributed by atoms with Gasteiger partial charge in [-0.1, -0.05) is 18.2 Å². The number of aromatic hydroxyl groups is 1. The molecule has 3 aromatic carbocycles. The van der Waals surface area contributed by atoms with Gasteiger partial charge in [0.2, 0.25) is 0 Å². The van der Waals surface area contributed by atoms with E-state index >= 15 is 0 Å². The molecule has 0 saturated carbocycles. The van der Waals surface area contributed by atoms with Crippen LogP contribution in [-0.4, -0.2) is 71.9 Å². The van der Waals surface area contributed by atoms with Crippen LogP contribution in [0.3, 0.4) is 0 Å². The number of likely N-dealkylation sites (N-methyl/N-ethyl adjacent to an activating group) is 1. The summed E-state index contributed by atoms with van der Waals surface area (Å²) in [6.07, 6.45) is 0.444. The van der Waals surface area contributed by atoms with Crippen molar-refractivity contribution in [2.75, 3.05) is 40.0 Å². The number of carbonyl (C=O) groups is 2. The molecular weight excluding hydrogens is 408 g/mol. The molecule has 7 heteroatoms. The van der Waals surface area contributed by atoms with Gasteiger partial charge >= 0.3 is 11.9 Å². The summed E-state index contributed by atoms with van der Waals surface area (Å²) in [4.78, 5) is 28.0. The first-order chi connectivity index (χ1) is 15.4. The van der Waals surface area contributed by atoms with Crippen LogP contribution < -0.4 is 0 Å². The molecular formula is C25H26N2O5. The second-order valence-corrected chi connectivity index (χ2v) is 8.20. The second kappa shape index (κ2) is 9.38. The minimum absolute atomic E-state index is 0.158. The number of aromatic carboxylic acids is 1. The van der Waals surface area contributed by atoms with E-state index in [-0.39, 0.29) is 24.0 Å². The number of hydrogen-bond donors (Lipinski definition) is 2. The van der Waals surface area contributed by atoms with Crippen molar-refractivity contribution in [1.82, 2.24) is 9.80 Å². The summed E-state index contributed by atoms with van der Waals surface area (Å²) < 4.78 is 5.50. The van der Waals surface area contributed by atoms with Gasteiger partial charge in [0.1, 0.15) is 12.5 Å². The molecule has 1 fully saturated rings. The fraction of sp³-hybridized carbons (Fsp3) is 0.280. The van der Waals surface area contributed by atoms with Gasteiger partial charge < -0.3 is 19.8 Å². The highest BCUT2D eigenvalue weighted by atomic mass is 16.5. The highest BCUT2D eigenvalue weighted by Gasteiger charge is 2.16. The quantitative estimate of drug-likeness (QED) is 0.576. The van der Waals surface area contributed by atoms with E-state index in [0.29, 0.717) is 17.5 Å². The third-order valence-corrected chi connectivity index (χ3v) is 5.84. The van der Waals surface area contributed by atoms with E-state index in [9.17, 15) is 14.7 Å². The molecule has 7 nitrogen and oxygen atoms in total. The Bertz CT molecular complexity index is 1140. The average Bonchev–Trinajstić information content (AvgIpc) is 2.79. The Balaban J connectivity index is 1.48. The first kappa shape index (κ1) is 21.8. The first-order valence-corrected chi connectivity index (χ1v) is 10.5. The zero-order valence-corrected chi connectivity index (χ0v) is 18.0. The SMILES string of the molecule is CN1CCN(COC(=O)c2ccc3cc(O)c(Cc4ccc(C(=O)O)cc4)cc3c2)CC1. The molecule has 0 unspecified atom stereocenters. The maximum atomic E-state index is 12.6. The van der Waals surface area contributed by atoms with Crippen LogP contribution in [0.5, 0.6) is 5.75 Å². The lowest BCUT2D eigenvalue weighted by Gasteiger charge is -2.31. The van der Waals surface area contributed by atoms with Gasteiger partial charge in [0.25, 0.3) is 0 Å². The second-order valence-electron chi connectivity index (χ2n) is 8.20.